The lowest BCUT2D eigenvalue weighted by molar-refractivity contribution is 0.0997. The van der Waals surface area contributed by atoms with Crippen molar-refractivity contribution in [2.24, 2.45) is 0 Å². The van der Waals surface area contributed by atoms with E-state index in [0.717, 1.165) is 0 Å². The van der Waals surface area contributed by atoms with E-state index in [1.54, 1.807) is 18.7 Å². The van der Waals surface area contributed by atoms with Crippen molar-refractivity contribution >= 4 is 17.4 Å². The molecule has 92 valence electrons. The average Bonchev–Trinajstić information content (AvgIpc) is 2.27. The molecule has 0 unspecified atom stereocenters. The summed E-state index contributed by atoms with van der Waals surface area (Å²) in [5.41, 5.74) is -0.0826. The molecule has 1 aromatic carbocycles. The molecule has 0 saturated carbocycles. The number of hydrogen-bond donors (Lipinski definition) is 2. The minimum Gasteiger partial charge on any atom is -0.387 e. The Kier molecular flexibility index (Phi) is 4.79. The van der Waals surface area contributed by atoms with Gasteiger partial charge in [-0.2, -0.15) is 17.0 Å². The molecule has 1 aromatic rings. The summed E-state index contributed by atoms with van der Waals surface area (Å²) in [5, 5.41) is 21.8. The molecule has 0 heterocycles. The molecule has 0 aliphatic carbocycles. The predicted molar refractivity (Wildman–Crippen MR) is 68.6 cm³/mol. The lowest BCUT2D eigenvalue weighted by atomic mass is 10.1. The number of nitrogens with one attached hydrogen (secondary N) is 1. The van der Waals surface area contributed by atoms with Gasteiger partial charge in [0.05, 0.1) is 16.9 Å². The van der Waals surface area contributed by atoms with E-state index >= 15 is 0 Å². The molecule has 0 amide bonds. The molecule has 5 heteroatoms. The molecule has 0 radical (unpaired) electrons. The van der Waals surface area contributed by atoms with E-state index in [4.69, 9.17) is 5.26 Å². The molecule has 0 bridgehead atoms. The third-order valence-electron chi connectivity index (χ3n) is 2.22. The van der Waals surface area contributed by atoms with Gasteiger partial charge in [0.25, 0.3) is 0 Å². The molecule has 1 rings (SSSR count). The van der Waals surface area contributed by atoms with Gasteiger partial charge < -0.3 is 10.4 Å². The zero-order valence-corrected chi connectivity index (χ0v) is 10.6. The number of nitrogens with zero attached hydrogens (tertiary/aromatic N) is 1. The van der Waals surface area contributed by atoms with E-state index in [-0.39, 0.29) is 5.56 Å². The van der Waals surface area contributed by atoms with E-state index in [1.165, 1.54) is 18.2 Å². The van der Waals surface area contributed by atoms with Crippen LogP contribution in [0.1, 0.15) is 12.5 Å². The minimum atomic E-state index is -0.861. The molecule has 1 atom stereocenters. The first kappa shape index (κ1) is 13.8. The van der Waals surface area contributed by atoms with Gasteiger partial charge in [-0.25, -0.2) is 4.39 Å². The molecule has 2 N–H and O–H groups in total. The fourth-order valence-electron chi connectivity index (χ4n) is 1.41. The van der Waals surface area contributed by atoms with Crippen molar-refractivity contribution in [3.8, 4) is 6.07 Å². The van der Waals surface area contributed by atoms with Crippen LogP contribution in [0.5, 0.6) is 0 Å². The molecule has 17 heavy (non-hydrogen) atoms. The van der Waals surface area contributed by atoms with E-state index in [1.807, 2.05) is 12.3 Å². The smallest absolute Gasteiger partial charge is 0.124 e. The molecule has 0 aromatic heterocycles. The largest absolute Gasteiger partial charge is 0.387 e. The minimum absolute atomic E-state index is 0.241. The summed E-state index contributed by atoms with van der Waals surface area (Å²) in [6.07, 6.45) is 1.91. The van der Waals surface area contributed by atoms with E-state index in [2.05, 4.69) is 5.32 Å². The van der Waals surface area contributed by atoms with Crippen molar-refractivity contribution in [2.45, 2.75) is 12.5 Å². The highest BCUT2D eigenvalue weighted by Crippen LogP contribution is 2.18. The lowest BCUT2D eigenvalue weighted by Crippen LogP contribution is -2.36. The van der Waals surface area contributed by atoms with Crippen LogP contribution in [-0.4, -0.2) is 29.3 Å². The van der Waals surface area contributed by atoms with Gasteiger partial charge in [0.15, 0.2) is 0 Å². The summed E-state index contributed by atoms with van der Waals surface area (Å²) in [5.74, 6) is 0.145. The second-order valence-corrected chi connectivity index (χ2v) is 4.95. The Balaban J connectivity index is 2.73. The number of halogens is 1. The second kappa shape index (κ2) is 5.89. The Morgan fingerprint density at radius 3 is 2.88 bits per heavy atom. The van der Waals surface area contributed by atoms with Gasteiger partial charge in [0.1, 0.15) is 11.9 Å². The summed E-state index contributed by atoms with van der Waals surface area (Å²) in [4.78, 5) is 0. The first-order chi connectivity index (χ1) is 7.98. The van der Waals surface area contributed by atoms with Crippen molar-refractivity contribution in [1.29, 1.82) is 5.26 Å². The highest BCUT2D eigenvalue weighted by atomic mass is 32.2. The molecular weight excluding hydrogens is 239 g/mol. The molecule has 0 fully saturated rings. The van der Waals surface area contributed by atoms with Crippen LogP contribution >= 0.6 is 11.8 Å². The van der Waals surface area contributed by atoms with Gasteiger partial charge in [-0.05, 0) is 31.4 Å². The maximum Gasteiger partial charge on any atom is 0.124 e. The predicted octanol–water partition coefficient (Wildman–Crippen LogP) is 2.22. The number of thioether (sulfide) groups is 1. The Labute approximate surface area is 105 Å². The van der Waals surface area contributed by atoms with Gasteiger partial charge in [-0.1, -0.05) is 0 Å². The van der Waals surface area contributed by atoms with Crippen molar-refractivity contribution in [2.75, 3.05) is 23.9 Å². The highest BCUT2D eigenvalue weighted by molar-refractivity contribution is 7.98. The first-order valence-corrected chi connectivity index (χ1v) is 6.53. The third-order valence-corrected chi connectivity index (χ3v) is 3.13. The number of hydrogen-bond acceptors (Lipinski definition) is 4. The zero-order chi connectivity index (χ0) is 12.9. The van der Waals surface area contributed by atoms with Crippen LogP contribution in [0.15, 0.2) is 18.2 Å². The molecular formula is C12H15FN2OS. The molecule has 0 saturated heterocycles. The first-order valence-electron chi connectivity index (χ1n) is 5.13. The van der Waals surface area contributed by atoms with Gasteiger partial charge in [-0.3, -0.25) is 0 Å². The Morgan fingerprint density at radius 2 is 2.29 bits per heavy atom. The zero-order valence-electron chi connectivity index (χ0n) is 9.83. The van der Waals surface area contributed by atoms with E-state index < -0.39 is 11.4 Å². The quantitative estimate of drug-likeness (QED) is 0.846. The molecule has 0 aliphatic rings. The molecule has 0 spiro atoms. The van der Waals surface area contributed by atoms with Crippen LogP contribution in [0, 0.1) is 17.1 Å². The SMILES string of the molecule is CSC[C@](C)(O)CNc1ccc(F)cc1C#N. The lowest BCUT2D eigenvalue weighted by Gasteiger charge is -2.23. The average molecular weight is 254 g/mol. The summed E-state index contributed by atoms with van der Waals surface area (Å²) in [6.45, 7) is 2.03. The van der Waals surface area contributed by atoms with Crippen LogP contribution < -0.4 is 5.32 Å². The Hall–Kier alpha value is -1.25. The fourth-order valence-corrected chi connectivity index (χ4v) is 2.13. The highest BCUT2D eigenvalue weighted by Gasteiger charge is 2.19. The number of rotatable bonds is 5. The van der Waals surface area contributed by atoms with Gasteiger partial charge in [0.2, 0.25) is 0 Å². The third kappa shape index (κ3) is 4.25. The maximum absolute atomic E-state index is 12.9. The maximum atomic E-state index is 12.9. The van der Waals surface area contributed by atoms with Crippen molar-refractivity contribution in [1.82, 2.24) is 0 Å². The number of benzene rings is 1. The van der Waals surface area contributed by atoms with Crippen molar-refractivity contribution in [3.05, 3.63) is 29.6 Å². The van der Waals surface area contributed by atoms with Crippen LogP contribution in [0.4, 0.5) is 10.1 Å². The summed E-state index contributed by atoms with van der Waals surface area (Å²) >= 11 is 1.54. The van der Waals surface area contributed by atoms with Gasteiger partial charge in [-0.15, -0.1) is 0 Å². The summed E-state index contributed by atoms with van der Waals surface area (Å²) < 4.78 is 12.9. The number of nitriles is 1. The Bertz CT molecular complexity index is 429. The van der Waals surface area contributed by atoms with E-state index in [0.29, 0.717) is 18.0 Å². The van der Waals surface area contributed by atoms with Gasteiger partial charge in [0, 0.05) is 12.3 Å². The summed E-state index contributed by atoms with van der Waals surface area (Å²) in [7, 11) is 0. The van der Waals surface area contributed by atoms with Crippen LogP contribution in [-0.2, 0) is 0 Å². The topological polar surface area (TPSA) is 56.0 Å². The monoisotopic (exact) mass is 254 g/mol. The van der Waals surface area contributed by atoms with E-state index in [9.17, 15) is 9.50 Å². The van der Waals surface area contributed by atoms with Crippen LogP contribution in [0.2, 0.25) is 0 Å². The molecule has 3 nitrogen and oxygen atoms in total. The second-order valence-electron chi connectivity index (χ2n) is 4.09. The summed E-state index contributed by atoms with van der Waals surface area (Å²) in [6, 6.07) is 5.87. The standard InChI is InChI=1S/C12H15FN2OS/c1-12(16,8-17-2)7-15-11-4-3-10(13)5-9(11)6-14/h3-5,15-16H,7-8H2,1-2H3/t12-/m1/s1. The Morgan fingerprint density at radius 1 is 1.59 bits per heavy atom. The van der Waals surface area contributed by atoms with Crippen molar-refractivity contribution in [3.63, 3.8) is 0 Å². The molecule has 0 aliphatic heterocycles. The van der Waals surface area contributed by atoms with Crippen LogP contribution in [0.25, 0.3) is 0 Å². The van der Waals surface area contributed by atoms with Gasteiger partial charge >= 0.3 is 0 Å². The normalized spacial score (nSPS) is 13.8. The van der Waals surface area contributed by atoms with Crippen LogP contribution in [0.3, 0.4) is 0 Å². The number of aliphatic hydroxyl groups is 1. The fraction of sp³-hybridized carbons (Fsp3) is 0.417. The number of anilines is 1. The van der Waals surface area contributed by atoms with Crippen molar-refractivity contribution < 1.29 is 9.50 Å².